The van der Waals surface area contributed by atoms with Crippen LogP contribution in [0.2, 0.25) is 0 Å². The first-order chi connectivity index (χ1) is 18.6. The number of hydrazone groups is 1. The highest BCUT2D eigenvalue weighted by Gasteiger charge is 2.23. The van der Waals surface area contributed by atoms with Gasteiger partial charge in [-0.05, 0) is 61.1 Å². The summed E-state index contributed by atoms with van der Waals surface area (Å²) in [5.74, 6) is -0.170. The molecule has 5 aromatic rings. The van der Waals surface area contributed by atoms with Crippen molar-refractivity contribution in [3.05, 3.63) is 99.2 Å². The number of thiophene rings is 1. The van der Waals surface area contributed by atoms with Crippen molar-refractivity contribution in [2.24, 2.45) is 5.10 Å². The summed E-state index contributed by atoms with van der Waals surface area (Å²) < 4.78 is 1.65. The van der Waals surface area contributed by atoms with Gasteiger partial charge in [0, 0.05) is 10.4 Å². The lowest BCUT2D eigenvalue weighted by molar-refractivity contribution is -0.118. The zero-order chi connectivity index (χ0) is 26.1. The highest BCUT2D eigenvalue weighted by Crippen LogP contribution is 2.35. The predicted octanol–water partition coefficient (Wildman–Crippen LogP) is 6.11. The fourth-order valence-electron chi connectivity index (χ4n) is 5.00. The van der Waals surface area contributed by atoms with E-state index in [2.05, 4.69) is 28.7 Å². The zero-order valence-electron chi connectivity index (χ0n) is 20.9. The maximum atomic E-state index is 13.8. The van der Waals surface area contributed by atoms with E-state index in [9.17, 15) is 9.59 Å². The molecule has 3 aromatic carbocycles. The molecule has 0 aliphatic heterocycles. The van der Waals surface area contributed by atoms with E-state index in [1.165, 1.54) is 16.6 Å². The van der Waals surface area contributed by atoms with Crippen molar-refractivity contribution in [2.45, 2.75) is 37.8 Å². The van der Waals surface area contributed by atoms with Crippen molar-refractivity contribution >= 4 is 55.7 Å². The first kappa shape index (κ1) is 24.6. The third kappa shape index (κ3) is 4.66. The maximum absolute atomic E-state index is 13.8. The molecule has 38 heavy (non-hydrogen) atoms. The summed E-state index contributed by atoms with van der Waals surface area (Å²) in [6, 6.07) is 23.7. The minimum Gasteiger partial charge on any atom is -0.272 e. The van der Waals surface area contributed by atoms with Crippen LogP contribution in [0.1, 0.15) is 35.8 Å². The van der Waals surface area contributed by atoms with Crippen LogP contribution in [0.5, 0.6) is 0 Å². The Bertz CT molecular complexity index is 1750. The molecule has 6 rings (SSSR count). The van der Waals surface area contributed by atoms with Crippen LogP contribution in [-0.2, 0) is 17.6 Å². The summed E-state index contributed by atoms with van der Waals surface area (Å²) in [4.78, 5) is 33.6. The molecule has 0 spiro atoms. The Morgan fingerprint density at radius 2 is 1.79 bits per heavy atom. The van der Waals surface area contributed by atoms with Gasteiger partial charge in [0.15, 0.2) is 5.16 Å². The first-order valence-electron chi connectivity index (χ1n) is 12.7. The molecule has 0 fully saturated rings. The van der Waals surface area contributed by atoms with Crippen molar-refractivity contribution in [1.82, 2.24) is 15.0 Å². The second-order valence-electron chi connectivity index (χ2n) is 9.31. The molecule has 0 saturated carbocycles. The number of aryl methyl sites for hydroxylation is 2. The Morgan fingerprint density at radius 1 is 1.03 bits per heavy atom. The molecule has 1 aliphatic carbocycles. The Balaban J connectivity index is 1.28. The van der Waals surface area contributed by atoms with E-state index >= 15 is 0 Å². The van der Waals surface area contributed by atoms with Crippen molar-refractivity contribution in [1.29, 1.82) is 0 Å². The van der Waals surface area contributed by atoms with Crippen molar-refractivity contribution in [2.75, 3.05) is 5.75 Å². The molecule has 2 aromatic heterocycles. The lowest BCUT2D eigenvalue weighted by Crippen LogP contribution is -2.24. The lowest BCUT2D eigenvalue weighted by Gasteiger charge is -2.13. The zero-order valence-corrected chi connectivity index (χ0v) is 22.6. The number of para-hydroxylation sites is 1. The largest absolute Gasteiger partial charge is 0.272 e. The number of carbonyl (C=O) groups excluding carboxylic acids is 1. The van der Waals surface area contributed by atoms with Crippen LogP contribution in [-0.4, -0.2) is 26.9 Å². The van der Waals surface area contributed by atoms with E-state index in [1.54, 1.807) is 15.9 Å². The van der Waals surface area contributed by atoms with E-state index in [0.29, 0.717) is 5.16 Å². The van der Waals surface area contributed by atoms with Gasteiger partial charge < -0.3 is 0 Å². The molecule has 0 unspecified atom stereocenters. The van der Waals surface area contributed by atoms with Gasteiger partial charge in [0.25, 0.3) is 11.5 Å². The normalized spacial score (nSPS) is 13.6. The number of nitrogens with zero attached hydrogens (tertiary/aromatic N) is 3. The van der Waals surface area contributed by atoms with Crippen LogP contribution in [0.15, 0.2) is 87.8 Å². The molecule has 190 valence electrons. The standard InChI is InChI=1S/C30H26N4O2S2/c1-19(22-16-9-11-20-10-5-6-14-23(20)22)32-33-26(35)18-37-30-31-28-27(24-15-7-8-17-25(24)38-28)29(36)34(30)21-12-3-2-4-13-21/h2-6,9-14,16H,7-8,15,17-18H2,1H3,(H,33,35)/b32-19+. The number of aromatic nitrogens is 2. The van der Waals surface area contributed by atoms with Crippen LogP contribution in [0.3, 0.4) is 0 Å². The van der Waals surface area contributed by atoms with E-state index in [0.717, 1.165) is 69.2 Å². The van der Waals surface area contributed by atoms with E-state index in [4.69, 9.17) is 4.98 Å². The Labute approximate surface area is 228 Å². The summed E-state index contributed by atoms with van der Waals surface area (Å²) in [5, 5.41) is 7.82. The summed E-state index contributed by atoms with van der Waals surface area (Å²) in [6.07, 6.45) is 4.16. The van der Waals surface area contributed by atoms with Gasteiger partial charge in [0.2, 0.25) is 0 Å². The second kappa shape index (κ2) is 10.6. The Hall–Kier alpha value is -3.75. The smallest absolute Gasteiger partial charge is 0.267 e. The molecule has 6 nitrogen and oxygen atoms in total. The SMILES string of the molecule is C/C(=N\NC(=O)CSc1nc2sc3c(c2c(=O)n1-c1ccccc1)CCCC3)c1cccc2ccccc12. The predicted molar refractivity (Wildman–Crippen MR) is 157 cm³/mol. The molecule has 8 heteroatoms. The number of thioether (sulfide) groups is 1. The Kier molecular flexibility index (Phi) is 6.82. The molecular formula is C30H26N4O2S2. The molecule has 0 bridgehead atoms. The second-order valence-corrected chi connectivity index (χ2v) is 11.3. The monoisotopic (exact) mass is 538 g/mol. The number of amides is 1. The highest BCUT2D eigenvalue weighted by molar-refractivity contribution is 7.99. The third-order valence-corrected chi connectivity index (χ3v) is 8.96. The minimum absolute atomic E-state index is 0.0617. The van der Waals surface area contributed by atoms with Crippen LogP contribution < -0.4 is 11.0 Å². The number of carbonyl (C=O) groups is 1. The minimum atomic E-state index is -0.256. The van der Waals surface area contributed by atoms with E-state index < -0.39 is 0 Å². The molecule has 1 aliphatic rings. The molecule has 0 saturated heterocycles. The Morgan fingerprint density at radius 3 is 2.66 bits per heavy atom. The van der Waals surface area contributed by atoms with Crippen LogP contribution in [0.4, 0.5) is 0 Å². The van der Waals surface area contributed by atoms with Gasteiger partial charge in [-0.2, -0.15) is 5.10 Å². The summed E-state index contributed by atoms with van der Waals surface area (Å²) in [7, 11) is 0. The average Bonchev–Trinajstić information content (AvgIpc) is 3.33. The molecule has 1 amide bonds. The van der Waals surface area contributed by atoms with Gasteiger partial charge in [0.05, 0.1) is 22.5 Å². The van der Waals surface area contributed by atoms with E-state index in [-0.39, 0.29) is 17.2 Å². The van der Waals surface area contributed by atoms with Gasteiger partial charge in [0.1, 0.15) is 4.83 Å². The highest BCUT2D eigenvalue weighted by atomic mass is 32.2. The average molecular weight is 539 g/mol. The van der Waals surface area contributed by atoms with Crippen LogP contribution in [0, 0.1) is 0 Å². The molecule has 2 heterocycles. The number of rotatable bonds is 6. The van der Waals surface area contributed by atoms with Gasteiger partial charge >= 0.3 is 0 Å². The summed E-state index contributed by atoms with van der Waals surface area (Å²) in [5.41, 5.74) is 6.23. The molecule has 1 N–H and O–H groups in total. The van der Waals surface area contributed by atoms with Gasteiger partial charge in [-0.1, -0.05) is 72.4 Å². The van der Waals surface area contributed by atoms with Crippen molar-refractivity contribution < 1.29 is 4.79 Å². The van der Waals surface area contributed by atoms with Crippen LogP contribution in [0.25, 0.3) is 26.7 Å². The van der Waals surface area contributed by atoms with Crippen molar-refractivity contribution in [3.63, 3.8) is 0 Å². The number of nitrogens with one attached hydrogen (secondary N) is 1. The van der Waals surface area contributed by atoms with Gasteiger partial charge in [-0.15, -0.1) is 11.3 Å². The first-order valence-corrected chi connectivity index (χ1v) is 14.5. The number of hydrogen-bond donors (Lipinski definition) is 1. The van der Waals surface area contributed by atoms with E-state index in [1.807, 2.05) is 61.5 Å². The number of hydrogen-bond acceptors (Lipinski definition) is 6. The van der Waals surface area contributed by atoms with Crippen molar-refractivity contribution in [3.8, 4) is 5.69 Å². The fourth-order valence-corrected chi connectivity index (χ4v) is 7.11. The maximum Gasteiger partial charge on any atom is 0.267 e. The molecular weight excluding hydrogens is 512 g/mol. The third-order valence-electron chi connectivity index (χ3n) is 6.83. The van der Waals surface area contributed by atoms with Gasteiger partial charge in [-0.3, -0.25) is 14.2 Å². The molecule has 0 radical (unpaired) electrons. The lowest BCUT2D eigenvalue weighted by atomic mass is 9.97. The number of fused-ring (bicyclic) bond motifs is 4. The molecule has 0 atom stereocenters. The quantitative estimate of drug-likeness (QED) is 0.122. The van der Waals surface area contributed by atoms with Gasteiger partial charge in [-0.25, -0.2) is 10.4 Å². The number of benzene rings is 3. The van der Waals surface area contributed by atoms with Crippen LogP contribution >= 0.6 is 23.1 Å². The fraction of sp³-hybridized carbons (Fsp3) is 0.200. The summed E-state index contributed by atoms with van der Waals surface area (Å²) in [6.45, 7) is 1.89. The topological polar surface area (TPSA) is 76.3 Å². The summed E-state index contributed by atoms with van der Waals surface area (Å²) >= 11 is 2.87.